The fourth-order valence-electron chi connectivity index (χ4n) is 2.16. The Labute approximate surface area is 133 Å². The summed E-state index contributed by atoms with van der Waals surface area (Å²) < 4.78 is 18.0. The molecule has 2 rings (SSSR count). The van der Waals surface area contributed by atoms with E-state index >= 15 is 0 Å². The van der Waals surface area contributed by atoms with Crippen LogP contribution in [-0.2, 0) is 16.0 Å². The molecule has 0 saturated carbocycles. The Kier molecular flexibility index (Phi) is 5.52. The van der Waals surface area contributed by atoms with Gasteiger partial charge >= 0.3 is 5.97 Å². The SMILES string of the molecule is COC(=O)[C@@H](F)[C@H](N)Cc1ccc(-c2cccc(Cl)c2)cc1. The average Bonchev–Trinajstić information content (AvgIpc) is 2.54. The van der Waals surface area contributed by atoms with Crippen molar-refractivity contribution in [1.82, 2.24) is 0 Å². The van der Waals surface area contributed by atoms with Gasteiger partial charge in [0.2, 0.25) is 6.17 Å². The minimum Gasteiger partial charge on any atom is -0.467 e. The van der Waals surface area contributed by atoms with Crippen LogP contribution < -0.4 is 5.73 Å². The lowest BCUT2D eigenvalue weighted by atomic mass is 9.99. The predicted octanol–water partition coefficient (Wildman–Crippen LogP) is 3.39. The first-order valence-electron chi connectivity index (χ1n) is 6.83. The number of hydrogen-bond acceptors (Lipinski definition) is 3. The van der Waals surface area contributed by atoms with E-state index in [4.69, 9.17) is 17.3 Å². The number of esters is 1. The van der Waals surface area contributed by atoms with E-state index in [2.05, 4.69) is 4.74 Å². The quantitative estimate of drug-likeness (QED) is 0.859. The normalized spacial score (nSPS) is 13.5. The second kappa shape index (κ2) is 7.38. The Bertz CT molecular complexity index is 645. The molecule has 0 aliphatic carbocycles. The number of carbonyl (C=O) groups excluding carboxylic acids is 1. The average molecular weight is 322 g/mol. The van der Waals surface area contributed by atoms with Crippen LogP contribution >= 0.6 is 11.6 Å². The van der Waals surface area contributed by atoms with Crippen LogP contribution in [0.5, 0.6) is 0 Å². The largest absolute Gasteiger partial charge is 0.467 e. The van der Waals surface area contributed by atoms with Gasteiger partial charge < -0.3 is 10.5 Å². The molecule has 22 heavy (non-hydrogen) atoms. The highest BCUT2D eigenvalue weighted by Crippen LogP contribution is 2.23. The van der Waals surface area contributed by atoms with Crippen molar-refractivity contribution < 1.29 is 13.9 Å². The minimum absolute atomic E-state index is 0.256. The lowest BCUT2D eigenvalue weighted by Gasteiger charge is -2.15. The third-order valence-electron chi connectivity index (χ3n) is 3.39. The molecule has 2 N–H and O–H groups in total. The maximum atomic E-state index is 13.7. The van der Waals surface area contributed by atoms with Gasteiger partial charge in [-0.05, 0) is 35.2 Å². The van der Waals surface area contributed by atoms with E-state index in [9.17, 15) is 9.18 Å². The highest BCUT2D eigenvalue weighted by Gasteiger charge is 2.25. The zero-order chi connectivity index (χ0) is 16.1. The molecule has 0 aliphatic heterocycles. The van der Waals surface area contributed by atoms with Crippen LogP contribution in [0.15, 0.2) is 48.5 Å². The smallest absolute Gasteiger partial charge is 0.342 e. The predicted molar refractivity (Wildman–Crippen MR) is 85.5 cm³/mol. The molecule has 0 bridgehead atoms. The van der Waals surface area contributed by atoms with Crippen LogP contribution in [-0.4, -0.2) is 25.3 Å². The van der Waals surface area contributed by atoms with Crippen molar-refractivity contribution in [3.8, 4) is 11.1 Å². The fourth-order valence-corrected chi connectivity index (χ4v) is 2.35. The summed E-state index contributed by atoms with van der Waals surface area (Å²) in [6.07, 6.45) is -1.57. The van der Waals surface area contributed by atoms with Gasteiger partial charge in [0.25, 0.3) is 0 Å². The van der Waals surface area contributed by atoms with Gasteiger partial charge in [-0.2, -0.15) is 0 Å². The van der Waals surface area contributed by atoms with Crippen molar-refractivity contribution >= 4 is 17.6 Å². The molecule has 2 atom stereocenters. The minimum atomic E-state index is -1.82. The number of hydrogen-bond donors (Lipinski definition) is 1. The number of halogens is 2. The van der Waals surface area contributed by atoms with Gasteiger partial charge in [0.05, 0.1) is 13.2 Å². The summed E-state index contributed by atoms with van der Waals surface area (Å²) in [6, 6.07) is 14.2. The molecule has 3 nitrogen and oxygen atoms in total. The van der Waals surface area contributed by atoms with Gasteiger partial charge in [-0.15, -0.1) is 0 Å². The molecular weight excluding hydrogens is 305 g/mol. The first-order chi connectivity index (χ1) is 10.5. The highest BCUT2D eigenvalue weighted by atomic mass is 35.5. The second-order valence-electron chi connectivity index (χ2n) is 5.00. The Hall–Kier alpha value is -1.91. The van der Waals surface area contributed by atoms with Crippen molar-refractivity contribution in [1.29, 1.82) is 0 Å². The molecule has 0 spiro atoms. The summed E-state index contributed by atoms with van der Waals surface area (Å²) >= 11 is 5.97. The lowest BCUT2D eigenvalue weighted by molar-refractivity contribution is -0.147. The number of alkyl halides is 1. The molecule has 0 aliphatic rings. The topological polar surface area (TPSA) is 52.3 Å². The molecule has 0 amide bonds. The molecule has 116 valence electrons. The van der Waals surface area contributed by atoms with Crippen molar-refractivity contribution in [2.24, 2.45) is 5.73 Å². The molecule has 0 heterocycles. The molecule has 2 aromatic rings. The summed E-state index contributed by atoms with van der Waals surface area (Å²) in [4.78, 5) is 11.1. The number of benzene rings is 2. The Morgan fingerprint density at radius 1 is 1.23 bits per heavy atom. The van der Waals surface area contributed by atoms with Gasteiger partial charge in [-0.3, -0.25) is 0 Å². The van der Waals surface area contributed by atoms with Gasteiger partial charge in [0, 0.05) is 5.02 Å². The van der Waals surface area contributed by atoms with E-state index in [0.717, 1.165) is 23.8 Å². The summed E-state index contributed by atoms with van der Waals surface area (Å²) in [7, 11) is 1.14. The number of nitrogens with two attached hydrogens (primary N) is 1. The fraction of sp³-hybridized carbons (Fsp3) is 0.235. The standard InChI is InChI=1S/C17H17ClFNO2/c1-22-17(21)16(19)15(20)9-11-5-7-12(8-6-11)13-3-2-4-14(18)10-13/h2-8,10,15-16H,9,20H2,1H3/t15-,16+/m1/s1. The Morgan fingerprint density at radius 3 is 2.50 bits per heavy atom. The molecule has 0 aromatic heterocycles. The third-order valence-corrected chi connectivity index (χ3v) is 3.62. The monoisotopic (exact) mass is 321 g/mol. The molecule has 0 saturated heterocycles. The summed E-state index contributed by atoms with van der Waals surface area (Å²) in [5.74, 6) is -0.942. The van der Waals surface area contributed by atoms with Crippen LogP contribution in [0.3, 0.4) is 0 Å². The van der Waals surface area contributed by atoms with Crippen molar-refractivity contribution in [3.05, 3.63) is 59.1 Å². The maximum Gasteiger partial charge on any atom is 0.342 e. The molecule has 2 aromatic carbocycles. The zero-order valence-electron chi connectivity index (χ0n) is 12.1. The van der Waals surface area contributed by atoms with E-state index in [1.54, 1.807) is 0 Å². The number of carbonyl (C=O) groups is 1. The van der Waals surface area contributed by atoms with E-state index in [0.29, 0.717) is 5.02 Å². The van der Waals surface area contributed by atoms with E-state index < -0.39 is 18.2 Å². The van der Waals surface area contributed by atoms with E-state index in [1.807, 2.05) is 48.5 Å². The molecule has 5 heteroatoms. The zero-order valence-corrected chi connectivity index (χ0v) is 12.9. The number of ether oxygens (including phenoxy) is 1. The van der Waals surface area contributed by atoms with E-state index in [-0.39, 0.29) is 6.42 Å². The van der Waals surface area contributed by atoms with Crippen molar-refractivity contribution in [2.45, 2.75) is 18.6 Å². The van der Waals surface area contributed by atoms with Crippen LogP contribution in [0, 0.1) is 0 Å². The second-order valence-corrected chi connectivity index (χ2v) is 5.44. The Morgan fingerprint density at radius 2 is 1.91 bits per heavy atom. The van der Waals surface area contributed by atoms with Crippen LogP contribution in [0.25, 0.3) is 11.1 Å². The maximum absolute atomic E-state index is 13.7. The first-order valence-corrected chi connectivity index (χ1v) is 7.21. The van der Waals surface area contributed by atoms with Crippen LogP contribution in [0.1, 0.15) is 5.56 Å². The third kappa shape index (κ3) is 4.06. The number of methoxy groups -OCH3 is 1. The highest BCUT2D eigenvalue weighted by molar-refractivity contribution is 6.30. The van der Waals surface area contributed by atoms with Crippen LogP contribution in [0.2, 0.25) is 5.02 Å². The summed E-state index contributed by atoms with van der Waals surface area (Å²) in [6.45, 7) is 0. The van der Waals surface area contributed by atoms with Gasteiger partial charge in [0.1, 0.15) is 0 Å². The van der Waals surface area contributed by atoms with Gasteiger partial charge in [-0.25, -0.2) is 9.18 Å². The van der Waals surface area contributed by atoms with Crippen molar-refractivity contribution in [3.63, 3.8) is 0 Å². The van der Waals surface area contributed by atoms with Gasteiger partial charge in [-0.1, -0.05) is 48.0 Å². The van der Waals surface area contributed by atoms with Crippen LogP contribution in [0.4, 0.5) is 4.39 Å². The van der Waals surface area contributed by atoms with Gasteiger partial charge in [0.15, 0.2) is 0 Å². The first kappa shape index (κ1) is 16.5. The molecule has 0 radical (unpaired) electrons. The summed E-state index contributed by atoms with van der Waals surface area (Å²) in [5.41, 5.74) is 8.56. The van der Waals surface area contributed by atoms with Crippen molar-refractivity contribution in [2.75, 3.05) is 7.11 Å². The molecular formula is C17H17ClFNO2. The lowest BCUT2D eigenvalue weighted by Crippen LogP contribution is -2.39. The van der Waals surface area contributed by atoms with E-state index in [1.165, 1.54) is 0 Å². The number of rotatable bonds is 5. The molecule has 0 unspecified atom stereocenters. The molecule has 0 fully saturated rings. The Balaban J connectivity index is 2.08. The summed E-state index contributed by atoms with van der Waals surface area (Å²) in [5, 5.41) is 0.668.